The summed E-state index contributed by atoms with van der Waals surface area (Å²) in [5, 5.41) is 21.2. The number of hydrogen-bond donors (Lipinski definition) is 3. The summed E-state index contributed by atoms with van der Waals surface area (Å²) in [7, 11) is 0. The lowest BCUT2D eigenvalue weighted by atomic mass is 10.0. The van der Waals surface area contributed by atoms with E-state index in [-0.39, 0.29) is 11.1 Å². The maximum absolute atomic E-state index is 12.8. The molecule has 0 bridgehead atoms. The Morgan fingerprint density at radius 2 is 1.47 bits per heavy atom. The summed E-state index contributed by atoms with van der Waals surface area (Å²) in [6.45, 7) is 0. The summed E-state index contributed by atoms with van der Waals surface area (Å²) in [5.41, 5.74) is -2.25. The predicted molar refractivity (Wildman–Crippen MR) is 91.1 cm³/mol. The second-order valence-corrected chi connectivity index (χ2v) is 6.32. The molecule has 2 aromatic carbocycles. The Morgan fingerprint density at radius 3 is 1.97 bits per heavy atom. The maximum Gasteiger partial charge on any atom is 0.416 e. The van der Waals surface area contributed by atoms with Crippen molar-refractivity contribution in [3.63, 3.8) is 0 Å². The molecule has 0 aliphatic rings. The van der Waals surface area contributed by atoms with Gasteiger partial charge in [-0.1, -0.05) is 30.3 Å². The lowest BCUT2D eigenvalue weighted by Crippen LogP contribution is -2.44. The molecule has 0 saturated carbocycles. The number of carboxylic acids is 1. The number of halogens is 6. The van der Waals surface area contributed by atoms with E-state index < -0.39 is 53.9 Å². The molecule has 0 fully saturated rings. The van der Waals surface area contributed by atoms with Gasteiger partial charge in [0.2, 0.25) is 0 Å². The first kappa shape index (κ1) is 23.2. The van der Waals surface area contributed by atoms with Crippen LogP contribution in [0, 0.1) is 0 Å². The highest BCUT2D eigenvalue weighted by atomic mass is 19.4. The van der Waals surface area contributed by atoms with Gasteiger partial charge in [-0.25, -0.2) is 4.79 Å². The predicted octanol–water partition coefficient (Wildman–Crippen LogP) is 3.57. The van der Waals surface area contributed by atoms with Crippen LogP contribution in [0.5, 0.6) is 0 Å². The third-order valence-corrected chi connectivity index (χ3v) is 4.11. The third-order valence-electron chi connectivity index (χ3n) is 4.11. The highest BCUT2D eigenvalue weighted by molar-refractivity contribution is 5.87. The second kappa shape index (κ2) is 8.74. The van der Waals surface area contributed by atoms with Crippen molar-refractivity contribution in [2.24, 2.45) is 0 Å². The van der Waals surface area contributed by atoms with Crippen LogP contribution in [0.1, 0.15) is 28.4 Å². The van der Waals surface area contributed by atoms with Gasteiger partial charge in [0.15, 0.2) is 6.10 Å². The normalized spacial score (nSPS) is 14.1. The zero-order valence-corrected chi connectivity index (χ0v) is 15.0. The van der Waals surface area contributed by atoms with Crippen molar-refractivity contribution in [3.05, 3.63) is 70.8 Å². The van der Waals surface area contributed by atoms with Crippen molar-refractivity contribution in [1.82, 2.24) is 5.32 Å². The van der Waals surface area contributed by atoms with E-state index in [4.69, 9.17) is 0 Å². The average Bonchev–Trinajstić information content (AvgIpc) is 2.65. The quantitative estimate of drug-likeness (QED) is 0.606. The lowest BCUT2D eigenvalue weighted by molar-refractivity contribution is -0.143. The molecule has 0 unspecified atom stereocenters. The minimum absolute atomic E-state index is 0.0263. The molecule has 162 valence electrons. The van der Waals surface area contributed by atoms with Crippen molar-refractivity contribution in [3.8, 4) is 0 Å². The van der Waals surface area contributed by atoms with E-state index in [1.165, 1.54) is 6.07 Å². The summed E-state index contributed by atoms with van der Waals surface area (Å²) in [5.74, 6) is -2.80. The Bertz CT molecular complexity index is 908. The summed E-state index contributed by atoms with van der Waals surface area (Å²) >= 11 is 0. The first-order valence-electron chi connectivity index (χ1n) is 8.33. The van der Waals surface area contributed by atoms with E-state index in [1.54, 1.807) is 0 Å². The molecule has 0 radical (unpaired) electrons. The van der Waals surface area contributed by atoms with Crippen LogP contribution < -0.4 is 5.32 Å². The van der Waals surface area contributed by atoms with Crippen LogP contribution in [0.4, 0.5) is 26.3 Å². The highest BCUT2D eigenvalue weighted by Crippen LogP contribution is 2.31. The van der Waals surface area contributed by atoms with Gasteiger partial charge >= 0.3 is 18.3 Å². The minimum Gasteiger partial charge on any atom is -0.480 e. The summed E-state index contributed by atoms with van der Waals surface area (Å²) in [6.07, 6.45) is -11.7. The molecule has 30 heavy (non-hydrogen) atoms. The number of amides is 1. The molecule has 1 amide bonds. The molecule has 2 rings (SSSR count). The molecule has 0 aliphatic heterocycles. The lowest BCUT2D eigenvalue weighted by Gasteiger charge is -2.18. The van der Waals surface area contributed by atoms with Crippen LogP contribution in [0.3, 0.4) is 0 Å². The van der Waals surface area contributed by atoms with E-state index in [9.17, 15) is 46.1 Å². The van der Waals surface area contributed by atoms with Crippen molar-refractivity contribution in [2.75, 3.05) is 0 Å². The van der Waals surface area contributed by atoms with Gasteiger partial charge in [0, 0.05) is 6.42 Å². The minimum atomic E-state index is -4.64. The van der Waals surface area contributed by atoms with Crippen LogP contribution in [0.2, 0.25) is 0 Å². The molecule has 0 spiro atoms. The highest BCUT2D eigenvalue weighted by Gasteiger charge is 2.32. The van der Waals surface area contributed by atoms with E-state index in [2.05, 4.69) is 0 Å². The fourth-order valence-electron chi connectivity index (χ4n) is 2.57. The Morgan fingerprint density at radius 1 is 0.900 bits per heavy atom. The number of carboxylic acid groups (broad SMARTS) is 1. The Kier molecular flexibility index (Phi) is 6.76. The zero-order chi connectivity index (χ0) is 22.7. The van der Waals surface area contributed by atoms with E-state index in [1.807, 2.05) is 5.32 Å². The van der Waals surface area contributed by atoms with Gasteiger partial charge in [-0.15, -0.1) is 0 Å². The number of nitrogens with one attached hydrogen (secondary N) is 1. The Hall–Kier alpha value is -3.08. The van der Waals surface area contributed by atoms with Crippen LogP contribution >= 0.6 is 0 Å². The summed E-state index contributed by atoms with van der Waals surface area (Å²) in [6, 6.07) is 5.17. The largest absolute Gasteiger partial charge is 0.480 e. The van der Waals surface area contributed by atoms with Gasteiger partial charge < -0.3 is 15.5 Å². The van der Waals surface area contributed by atoms with Crippen LogP contribution in [0.15, 0.2) is 48.5 Å². The van der Waals surface area contributed by atoms with Gasteiger partial charge in [-0.2, -0.15) is 26.3 Å². The number of aliphatic hydroxyl groups excluding tert-OH is 1. The number of aliphatic carboxylic acids is 1. The monoisotopic (exact) mass is 435 g/mol. The van der Waals surface area contributed by atoms with Crippen molar-refractivity contribution in [2.45, 2.75) is 30.9 Å². The molecule has 5 nitrogen and oxygen atoms in total. The van der Waals surface area contributed by atoms with Gasteiger partial charge in [0.1, 0.15) is 6.04 Å². The molecule has 3 N–H and O–H groups in total. The molecule has 11 heteroatoms. The number of alkyl halides is 6. The molecule has 0 saturated heterocycles. The Labute approximate surface area is 165 Å². The molecule has 0 aromatic heterocycles. The number of carbonyl (C=O) groups is 2. The van der Waals surface area contributed by atoms with Gasteiger partial charge in [0.05, 0.1) is 11.1 Å². The maximum atomic E-state index is 12.8. The number of rotatable bonds is 6. The topological polar surface area (TPSA) is 86.6 Å². The smallest absolute Gasteiger partial charge is 0.416 e. The van der Waals surface area contributed by atoms with Gasteiger partial charge in [-0.3, -0.25) is 4.79 Å². The fourth-order valence-corrected chi connectivity index (χ4v) is 2.57. The van der Waals surface area contributed by atoms with E-state index in [0.29, 0.717) is 12.1 Å². The molecule has 2 aromatic rings. The van der Waals surface area contributed by atoms with E-state index >= 15 is 0 Å². The van der Waals surface area contributed by atoms with Crippen LogP contribution in [-0.4, -0.2) is 28.1 Å². The summed E-state index contributed by atoms with van der Waals surface area (Å²) < 4.78 is 76.1. The van der Waals surface area contributed by atoms with Crippen molar-refractivity contribution < 1.29 is 46.1 Å². The van der Waals surface area contributed by atoms with Gasteiger partial charge in [-0.05, 0) is 29.3 Å². The van der Waals surface area contributed by atoms with Crippen LogP contribution in [-0.2, 0) is 28.4 Å². The SMILES string of the molecule is O=C(N[C@H](Cc1cccc(C(F)(F)F)c1)C(=O)O)[C@@H](O)c1ccc(C(F)(F)F)cc1. The van der Waals surface area contributed by atoms with Crippen molar-refractivity contribution in [1.29, 1.82) is 0 Å². The standard InChI is InChI=1S/C19H15F6NO4/c20-18(21,22)12-6-4-11(5-7-12)15(27)16(28)26-14(17(29)30)9-10-2-1-3-13(8-10)19(23,24)25/h1-8,14-15,27H,9H2,(H,26,28)(H,29,30)/t14-,15+/m1/s1. The van der Waals surface area contributed by atoms with Crippen molar-refractivity contribution >= 4 is 11.9 Å². The zero-order valence-electron chi connectivity index (χ0n) is 15.0. The molecule has 0 aliphatic carbocycles. The number of carbonyl (C=O) groups excluding carboxylic acids is 1. The molecular formula is C19H15F6NO4. The van der Waals surface area contributed by atoms with Crippen LogP contribution in [0.25, 0.3) is 0 Å². The number of benzene rings is 2. The third kappa shape index (κ3) is 5.96. The first-order valence-corrected chi connectivity index (χ1v) is 8.33. The first-order chi connectivity index (χ1) is 13.8. The van der Waals surface area contributed by atoms with Gasteiger partial charge in [0.25, 0.3) is 5.91 Å². The summed E-state index contributed by atoms with van der Waals surface area (Å²) in [4.78, 5) is 23.5. The Balaban J connectivity index is 2.13. The molecule has 2 atom stereocenters. The number of aliphatic hydroxyl groups is 1. The molecule has 0 heterocycles. The number of hydrogen-bond acceptors (Lipinski definition) is 3. The van der Waals surface area contributed by atoms with E-state index in [0.717, 1.165) is 30.3 Å². The second-order valence-electron chi connectivity index (χ2n) is 6.32. The molecular weight excluding hydrogens is 420 g/mol. The fraction of sp³-hybridized carbons (Fsp3) is 0.263. The average molecular weight is 435 g/mol.